The Bertz CT molecular complexity index is 1090. The van der Waals surface area contributed by atoms with E-state index in [-0.39, 0.29) is 12.3 Å². The predicted octanol–water partition coefficient (Wildman–Crippen LogP) is 4.11. The molecule has 2 amide bonds. The molecule has 0 fully saturated rings. The van der Waals surface area contributed by atoms with Gasteiger partial charge in [-0.2, -0.15) is 0 Å². The summed E-state index contributed by atoms with van der Waals surface area (Å²) in [5.41, 5.74) is 2.48. The van der Waals surface area contributed by atoms with Crippen LogP contribution in [-0.2, 0) is 21.2 Å². The monoisotopic (exact) mass is 518 g/mol. The number of amides is 2. The van der Waals surface area contributed by atoms with Crippen molar-refractivity contribution in [2.45, 2.75) is 58.1 Å². The van der Waals surface area contributed by atoms with Crippen LogP contribution in [-0.4, -0.2) is 57.7 Å². The Kier molecular flexibility index (Phi) is 11.2. The molecule has 9 heteroatoms. The number of carbonyl (C=O) groups excluding carboxylic acids is 2. The summed E-state index contributed by atoms with van der Waals surface area (Å²) in [4.78, 5) is 27.3. The number of ether oxygens (including phenoxy) is 2. The molecule has 2 aromatic carbocycles. The van der Waals surface area contributed by atoms with E-state index in [0.717, 1.165) is 18.4 Å². The molecule has 0 unspecified atom stereocenters. The number of hydrogen-bond donors (Lipinski definition) is 1. The zero-order valence-electron chi connectivity index (χ0n) is 21.9. The molecule has 0 saturated heterocycles. The van der Waals surface area contributed by atoms with E-state index in [9.17, 15) is 18.0 Å². The molecule has 0 heterocycles. The van der Waals surface area contributed by atoms with Crippen molar-refractivity contribution in [1.82, 2.24) is 9.62 Å². The molecule has 0 aliphatic carbocycles. The van der Waals surface area contributed by atoms with Gasteiger partial charge in [0.15, 0.2) is 0 Å². The van der Waals surface area contributed by atoms with E-state index >= 15 is 0 Å². The van der Waals surface area contributed by atoms with Crippen LogP contribution in [0.5, 0.6) is 11.5 Å². The number of nitrogens with zero attached hydrogens (tertiary/aromatic N) is 1. The fourth-order valence-electron chi connectivity index (χ4n) is 3.74. The normalized spacial score (nSPS) is 11.3. The van der Waals surface area contributed by atoms with Crippen molar-refractivity contribution < 1.29 is 27.5 Å². The number of unbranched alkanes of at least 4 members (excludes halogenated alkanes) is 1. The van der Waals surface area contributed by atoms with Crippen LogP contribution in [0.2, 0.25) is 0 Å². The quantitative estimate of drug-likeness (QED) is 0.378. The molecule has 198 valence electrons. The second kappa shape index (κ2) is 13.9. The third-order valence-electron chi connectivity index (χ3n) is 5.98. The fourth-order valence-corrected chi connectivity index (χ4v) is 4.40. The lowest BCUT2D eigenvalue weighted by atomic mass is 10.1. The lowest BCUT2D eigenvalue weighted by molar-refractivity contribution is -0.119. The number of rotatable bonds is 14. The van der Waals surface area contributed by atoms with Gasteiger partial charge in [0.1, 0.15) is 11.5 Å². The van der Waals surface area contributed by atoms with E-state index < -0.39 is 21.2 Å². The molecule has 0 radical (unpaired) electrons. The van der Waals surface area contributed by atoms with Crippen LogP contribution in [0, 0.1) is 6.92 Å². The van der Waals surface area contributed by atoms with Crippen LogP contribution in [0.1, 0.15) is 61.0 Å². The van der Waals surface area contributed by atoms with Gasteiger partial charge in [-0.1, -0.05) is 30.3 Å². The average Bonchev–Trinajstić information content (AvgIpc) is 2.85. The third-order valence-corrected chi connectivity index (χ3v) is 7.73. The molecule has 36 heavy (non-hydrogen) atoms. The first kappa shape index (κ1) is 29.2. The number of aryl methyl sites for hydroxylation is 1. The number of hydrogen-bond acceptors (Lipinski definition) is 6. The molecule has 0 spiro atoms. The molecule has 0 aliphatic heterocycles. The van der Waals surface area contributed by atoms with E-state index in [1.54, 1.807) is 31.3 Å². The van der Waals surface area contributed by atoms with Gasteiger partial charge in [-0.05, 0) is 64.2 Å². The standard InChI is InChI=1S/C27H38N2O6S/c1-20(2)36(32,33)28-26(30)15-9-10-16-29(17-11-14-22-12-7-6-8-13-22)27(31)23-18-24(34-4)21(3)25(19-23)35-5/h6-8,12-13,18-20H,9-11,14-17H2,1-5H3,(H,28,30). The molecule has 8 nitrogen and oxygen atoms in total. The lowest BCUT2D eigenvalue weighted by Gasteiger charge is -2.24. The van der Waals surface area contributed by atoms with Gasteiger partial charge in [-0.25, -0.2) is 8.42 Å². The highest BCUT2D eigenvalue weighted by molar-refractivity contribution is 7.90. The van der Waals surface area contributed by atoms with Crippen molar-refractivity contribution in [3.05, 3.63) is 59.2 Å². The predicted molar refractivity (Wildman–Crippen MR) is 141 cm³/mol. The van der Waals surface area contributed by atoms with Crippen LogP contribution in [0.25, 0.3) is 0 Å². The molecule has 0 aromatic heterocycles. The van der Waals surface area contributed by atoms with Crippen molar-refractivity contribution >= 4 is 21.8 Å². The number of sulfonamides is 1. The Morgan fingerprint density at radius 2 is 1.53 bits per heavy atom. The number of nitrogens with one attached hydrogen (secondary N) is 1. The molecule has 0 saturated carbocycles. The zero-order valence-corrected chi connectivity index (χ0v) is 22.7. The van der Waals surface area contributed by atoms with Gasteiger partial charge in [0.25, 0.3) is 5.91 Å². The van der Waals surface area contributed by atoms with Crippen molar-refractivity contribution in [3.8, 4) is 11.5 Å². The Labute approximate surface area is 215 Å². The van der Waals surface area contributed by atoms with Crippen molar-refractivity contribution in [2.75, 3.05) is 27.3 Å². The third kappa shape index (κ3) is 8.55. The summed E-state index contributed by atoms with van der Waals surface area (Å²) < 4.78 is 36.7. The first-order valence-electron chi connectivity index (χ1n) is 12.2. The molecule has 2 rings (SSSR count). The van der Waals surface area contributed by atoms with Crippen LogP contribution < -0.4 is 14.2 Å². The number of carbonyl (C=O) groups is 2. The largest absolute Gasteiger partial charge is 0.496 e. The topological polar surface area (TPSA) is 102 Å². The van der Waals surface area contributed by atoms with Crippen molar-refractivity contribution in [1.29, 1.82) is 0 Å². The van der Waals surface area contributed by atoms with Crippen molar-refractivity contribution in [3.63, 3.8) is 0 Å². The summed E-state index contributed by atoms with van der Waals surface area (Å²) in [7, 11) is -0.536. The smallest absolute Gasteiger partial charge is 0.254 e. The highest BCUT2D eigenvalue weighted by atomic mass is 32.2. The Morgan fingerprint density at radius 1 is 0.944 bits per heavy atom. The maximum Gasteiger partial charge on any atom is 0.254 e. The van der Waals surface area contributed by atoms with E-state index in [2.05, 4.69) is 16.9 Å². The van der Waals surface area contributed by atoms with Gasteiger partial charge in [0, 0.05) is 30.6 Å². The summed E-state index contributed by atoms with van der Waals surface area (Å²) in [6.07, 6.45) is 2.71. The zero-order chi connectivity index (χ0) is 26.7. The van der Waals surface area contributed by atoms with Crippen LogP contribution in [0.4, 0.5) is 0 Å². The van der Waals surface area contributed by atoms with Gasteiger partial charge in [0.05, 0.1) is 19.5 Å². The van der Waals surface area contributed by atoms with Crippen LogP contribution >= 0.6 is 0 Å². The molecule has 2 aromatic rings. The molecular formula is C27H38N2O6S. The maximum absolute atomic E-state index is 13.5. The Balaban J connectivity index is 2.07. The second-order valence-electron chi connectivity index (χ2n) is 8.96. The first-order chi connectivity index (χ1) is 17.1. The van der Waals surface area contributed by atoms with Crippen molar-refractivity contribution in [2.24, 2.45) is 0 Å². The summed E-state index contributed by atoms with van der Waals surface area (Å²) in [6.45, 7) is 5.89. The highest BCUT2D eigenvalue weighted by Crippen LogP contribution is 2.30. The van der Waals surface area contributed by atoms with E-state index in [1.807, 2.05) is 25.1 Å². The van der Waals surface area contributed by atoms with Crippen LogP contribution in [0.3, 0.4) is 0 Å². The van der Waals surface area contributed by atoms with E-state index in [0.29, 0.717) is 43.0 Å². The Morgan fingerprint density at radius 3 is 2.08 bits per heavy atom. The molecule has 0 bridgehead atoms. The number of methoxy groups -OCH3 is 2. The fraction of sp³-hybridized carbons (Fsp3) is 0.481. The molecule has 1 N–H and O–H groups in total. The summed E-state index contributed by atoms with van der Waals surface area (Å²) in [6, 6.07) is 13.5. The average molecular weight is 519 g/mol. The summed E-state index contributed by atoms with van der Waals surface area (Å²) >= 11 is 0. The molecule has 0 atom stereocenters. The molecular weight excluding hydrogens is 480 g/mol. The first-order valence-corrected chi connectivity index (χ1v) is 13.7. The number of benzene rings is 2. The molecule has 0 aliphatic rings. The SMILES string of the molecule is COc1cc(C(=O)N(CCCCC(=O)NS(=O)(=O)C(C)C)CCCc2ccccc2)cc(OC)c1C. The highest BCUT2D eigenvalue weighted by Gasteiger charge is 2.21. The van der Waals surface area contributed by atoms with E-state index in [1.165, 1.54) is 19.4 Å². The van der Waals surface area contributed by atoms with Gasteiger partial charge in [-0.15, -0.1) is 0 Å². The van der Waals surface area contributed by atoms with Gasteiger partial charge in [-0.3, -0.25) is 14.3 Å². The summed E-state index contributed by atoms with van der Waals surface area (Å²) in [5, 5.41) is -0.678. The maximum atomic E-state index is 13.5. The van der Waals surface area contributed by atoms with Crippen LogP contribution in [0.15, 0.2) is 42.5 Å². The summed E-state index contributed by atoms with van der Waals surface area (Å²) in [5.74, 6) is 0.472. The van der Waals surface area contributed by atoms with Gasteiger partial charge >= 0.3 is 0 Å². The van der Waals surface area contributed by atoms with E-state index in [4.69, 9.17) is 9.47 Å². The lowest BCUT2D eigenvalue weighted by Crippen LogP contribution is -2.36. The van der Waals surface area contributed by atoms with Gasteiger partial charge in [0.2, 0.25) is 15.9 Å². The minimum Gasteiger partial charge on any atom is -0.496 e. The van der Waals surface area contributed by atoms with Gasteiger partial charge < -0.3 is 14.4 Å². The second-order valence-corrected chi connectivity index (χ2v) is 11.2. The minimum absolute atomic E-state index is 0.0736. The Hall–Kier alpha value is -3.07. The minimum atomic E-state index is -3.64.